The maximum Gasteiger partial charge on any atom is 0.333 e. The second kappa shape index (κ2) is 5.89. The summed E-state index contributed by atoms with van der Waals surface area (Å²) in [5, 5.41) is 11.7. The average Bonchev–Trinajstić information content (AvgIpc) is 2.27. The molecule has 1 rings (SSSR count). The van der Waals surface area contributed by atoms with E-state index in [0.717, 1.165) is 0 Å². The van der Waals surface area contributed by atoms with Gasteiger partial charge in [0.25, 0.3) is 0 Å². The van der Waals surface area contributed by atoms with E-state index in [9.17, 15) is 9.59 Å². The lowest BCUT2D eigenvalue weighted by atomic mass is 10.1. The first-order chi connectivity index (χ1) is 8.04. The Bertz CT molecular complexity index is 399. The van der Waals surface area contributed by atoms with Crippen molar-refractivity contribution >= 4 is 11.9 Å². The Balaban J connectivity index is 2.92. The predicted octanol–water partition coefficient (Wildman–Crippen LogP) is 1.13. The zero-order chi connectivity index (χ0) is 12.8. The van der Waals surface area contributed by atoms with Gasteiger partial charge in [0.15, 0.2) is 6.04 Å². The van der Waals surface area contributed by atoms with Crippen LogP contribution in [0, 0.1) is 0 Å². The topological polar surface area (TPSA) is 75.6 Å². The van der Waals surface area contributed by atoms with Gasteiger partial charge < -0.3 is 15.2 Å². The van der Waals surface area contributed by atoms with Crippen LogP contribution in [-0.4, -0.2) is 23.6 Å². The molecular formula is C12H15NO4. The minimum absolute atomic E-state index is 0.0965. The largest absolute Gasteiger partial charge is 0.508 e. The molecule has 5 heteroatoms. The van der Waals surface area contributed by atoms with E-state index in [-0.39, 0.29) is 18.3 Å². The Labute approximate surface area is 99.4 Å². The summed E-state index contributed by atoms with van der Waals surface area (Å²) in [4.78, 5) is 22.7. The fourth-order valence-corrected chi connectivity index (χ4v) is 1.37. The number of phenolic OH excluding ortho intramolecular Hbond substituents is 1. The normalized spacial score (nSPS) is 11.6. The molecule has 0 fully saturated rings. The summed E-state index contributed by atoms with van der Waals surface area (Å²) in [7, 11) is 0. The van der Waals surface area contributed by atoms with E-state index in [1.807, 2.05) is 0 Å². The zero-order valence-electron chi connectivity index (χ0n) is 9.77. The Kier molecular flexibility index (Phi) is 4.51. The molecule has 0 radical (unpaired) electrons. The van der Waals surface area contributed by atoms with Crippen molar-refractivity contribution in [2.45, 2.75) is 19.9 Å². The van der Waals surface area contributed by atoms with Gasteiger partial charge in [0.05, 0.1) is 6.61 Å². The third-order valence-electron chi connectivity index (χ3n) is 2.10. The Morgan fingerprint density at radius 2 is 1.94 bits per heavy atom. The van der Waals surface area contributed by atoms with Gasteiger partial charge in [-0.15, -0.1) is 0 Å². The number of benzene rings is 1. The molecule has 0 aliphatic heterocycles. The minimum Gasteiger partial charge on any atom is -0.508 e. The standard InChI is InChI=1S/C12H15NO4/c1-3-17-12(16)11(13-8(2)14)9-4-6-10(15)7-5-9/h4-7,11,15H,3H2,1-2H3,(H,13,14)/t11-/m0/s1. The maximum absolute atomic E-state index is 11.7. The third kappa shape index (κ3) is 3.79. The van der Waals surface area contributed by atoms with E-state index >= 15 is 0 Å². The molecule has 1 amide bonds. The molecule has 5 nitrogen and oxygen atoms in total. The first kappa shape index (κ1) is 13.0. The lowest BCUT2D eigenvalue weighted by molar-refractivity contribution is -0.147. The fourth-order valence-electron chi connectivity index (χ4n) is 1.37. The van der Waals surface area contributed by atoms with E-state index in [1.165, 1.54) is 19.1 Å². The highest BCUT2D eigenvalue weighted by molar-refractivity contribution is 5.84. The van der Waals surface area contributed by atoms with Gasteiger partial charge in [-0.2, -0.15) is 0 Å². The molecule has 1 aromatic carbocycles. The molecule has 92 valence electrons. The SMILES string of the molecule is CCOC(=O)[C@@H](NC(C)=O)c1ccc(O)cc1. The first-order valence-electron chi connectivity index (χ1n) is 5.27. The summed E-state index contributed by atoms with van der Waals surface area (Å²) in [6, 6.07) is 5.18. The summed E-state index contributed by atoms with van der Waals surface area (Å²) in [6.45, 7) is 3.26. The highest BCUT2D eigenvalue weighted by Gasteiger charge is 2.22. The van der Waals surface area contributed by atoms with Crippen LogP contribution in [0.4, 0.5) is 0 Å². The molecule has 17 heavy (non-hydrogen) atoms. The smallest absolute Gasteiger partial charge is 0.333 e. The lowest BCUT2D eigenvalue weighted by Gasteiger charge is -2.16. The number of ether oxygens (including phenoxy) is 1. The van der Waals surface area contributed by atoms with Crippen LogP contribution in [0.1, 0.15) is 25.5 Å². The number of nitrogens with one attached hydrogen (secondary N) is 1. The van der Waals surface area contributed by atoms with Crippen LogP contribution in [0.15, 0.2) is 24.3 Å². The quantitative estimate of drug-likeness (QED) is 0.770. The second-order valence-electron chi connectivity index (χ2n) is 3.48. The molecular weight excluding hydrogens is 222 g/mol. The monoisotopic (exact) mass is 237 g/mol. The van der Waals surface area contributed by atoms with Gasteiger partial charge >= 0.3 is 5.97 Å². The van der Waals surface area contributed by atoms with Gasteiger partial charge in [-0.25, -0.2) is 4.79 Å². The minimum atomic E-state index is -0.840. The molecule has 0 aromatic heterocycles. The number of carbonyl (C=O) groups is 2. The van der Waals surface area contributed by atoms with Crippen molar-refractivity contribution in [3.05, 3.63) is 29.8 Å². The van der Waals surface area contributed by atoms with Crippen molar-refractivity contribution in [3.8, 4) is 5.75 Å². The third-order valence-corrected chi connectivity index (χ3v) is 2.10. The summed E-state index contributed by atoms with van der Waals surface area (Å²) in [5.74, 6) is -0.747. The number of rotatable bonds is 4. The Morgan fingerprint density at radius 1 is 1.35 bits per heavy atom. The number of esters is 1. The van der Waals surface area contributed by atoms with Crippen LogP contribution in [0.5, 0.6) is 5.75 Å². The van der Waals surface area contributed by atoms with Crippen molar-refractivity contribution in [3.63, 3.8) is 0 Å². The van der Waals surface area contributed by atoms with Crippen LogP contribution in [0.3, 0.4) is 0 Å². The molecule has 0 heterocycles. The van der Waals surface area contributed by atoms with Crippen LogP contribution in [0.25, 0.3) is 0 Å². The first-order valence-corrected chi connectivity index (χ1v) is 5.27. The number of phenols is 1. The van der Waals surface area contributed by atoms with E-state index in [1.54, 1.807) is 19.1 Å². The zero-order valence-corrected chi connectivity index (χ0v) is 9.77. The van der Waals surface area contributed by atoms with Crippen LogP contribution in [0.2, 0.25) is 0 Å². The molecule has 1 atom stereocenters. The molecule has 0 aliphatic carbocycles. The Hall–Kier alpha value is -2.04. The van der Waals surface area contributed by atoms with Crippen LogP contribution < -0.4 is 5.32 Å². The fraction of sp³-hybridized carbons (Fsp3) is 0.333. The lowest BCUT2D eigenvalue weighted by Crippen LogP contribution is -2.33. The summed E-state index contributed by atoms with van der Waals surface area (Å²) in [5.41, 5.74) is 0.566. The van der Waals surface area contributed by atoms with Gasteiger partial charge in [0.2, 0.25) is 5.91 Å². The molecule has 0 spiro atoms. The van der Waals surface area contributed by atoms with Gasteiger partial charge in [-0.05, 0) is 24.6 Å². The highest BCUT2D eigenvalue weighted by Crippen LogP contribution is 2.18. The van der Waals surface area contributed by atoms with E-state index in [0.29, 0.717) is 5.56 Å². The molecule has 0 saturated carbocycles. The van der Waals surface area contributed by atoms with Crippen molar-refractivity contribution in [1.29, 1.82) is 0 Å². The van der Waals surface area contributed by atoms with Gasteiger partial charge in [0, 0.05) is 6.92 Å². The number of aromatic hydroxyl groups is 1. The van der Waals surface area contributed by atoms with Crippen LogP contribution >= 0.6 is 0 Å². The molecule has 1 aromatic rings. The van der Waals surface area contributed by atoms with E-state index < -0.39 is 12.0 Å². The van der Waals surface area contributed by atoms with Crippen molar-refractivity contribution in [2.75, 3.05) is 6.61 Å². The molecule has 0 unspecified atom stereocenters. The predicted molar refractivity (Wildman–Crippen MR) is 61.3 cm³/mol. The van der Waals surface area contributed by atoms with Crippen molar-refractivity contribution in [2.24, 2.45) is 0 Å². The summed E-state index contributed by atoms with van der Waals surface area (Å²) < 4.78 is 4.87. The van der Waals surface area contributed by atoms with Crippen molar-refractivity contribution < 1.29 is 19.4 Å². The highest BCUT2D eigenvalue weighted by atomic mass is 16.5. The van der Waals surface area contributed by atoms with Gasteiger partial charge in [-0.3, -0.25) is 4.79 Å². The van der Waals surface area contributed by atoms with Crippen LogP contribution in [-0.2, 0) is 14.3 Å². The summed E-state index contributed by atoms with van der Waals surface area (Å²) in [6.07, 6.45) is 0. The van der Waals surface area contributed by atoms with Gasteiger partial charge in [-0.1, -0.05) is 12.1 Å². The van der Waals surface area contributed by atoms with Crippen molar-refractivity contribution in [1.82, 2.24) is 5.32 Å². The average molecular weight is 237 g/mol. The molecule has 0 saturated heterocycles. The molecule has 0 aliphatic rings. The number of hydrogen-bond acceptors (Lipinski definition) is 4. The molecule has 0 bridgehead atoms. The Morgan fingerprint density at radius 3 is 2.41 bits per heavy atom. The number of hydrogen-bond donors (Lipinski definition) is 2. The van der Waals surface area contributed by atoms with E-state index in [2.05, 4.69) is 5.32 Å². The maximum atomic E-state index is 11.7. The number of carbonyl (C=O) groups excluding carboxylic acids is 2. The second-order valence-corrected chi connectivity index (χ2v) is 3.48. The molecule has 2 N–H and O–H groups in total. The number of amides is 1. The summed E-state index contributed by atoms with van der Waals surface area (Å²) >= 11 is 0. The van der Waals surface area contributed by atoms with Gasteiger partial charge in [0.1, 0.15) is 5.75 Å². The van der Waals surface area contributed by atoms with E-state index in [4.69, 9.17) is 9.84 Å².